The van der Waals surface area contributed by atoms with Crippen molar-refractivity contribution in [3.05, 3.63) is 118 Å². The van der Waals surface area contributed by atoms with Gasteiger partial charge in [-0.15, -0.1) is 11.3 Å². The highest BCUT2D eigenvalue weighted by molar-refractivity contribution is 7.20. The van der Waals surface area contributed by atoms with Gasteiger partial charge < -0.3 is 25.4 Å². The van der Waals surface area contributed by atoms with Crippen LogP contribution in [-0.2, 0) is 16.9 Å². The van der Waals surface area contributed by atoms with E-state index in [2.05, 4.69) is 25.3 Å². The van der Waals surface area contributed by atoms with Crippen LogP contribution in [0.3, 0.4) is 0 Å². The monoisotopic (exact) mass is 696 g/mol. The van der Waals surface area contributed by atoms with Gasteiger partial charge in [0.2, 0.25) is 0 Å². The van der Waals surface area contributed by atoms with E-state index in [1.807, 2.05) is 42.5 Å². The number of aromatic nitrogens is 5. The maximum atomic E-state index is 15.1. The fraction of sp³-hybridized carbons (Fsp3) is 0.229. The number of para-hydroxylation sites is 1. The zero-order chi connectivity index (χ0) is 34.4. The van der Waals surface area contributed by atoms with Crippen molar-refractivity contribution in [1.82, 2.24) is 29.6 Å². The molecule has 0 saturated carbocycles. The van der Waals surface area contributed by atoms with Crippen molar-refractivity contribution in [2.75, 3.05) is 36.9 Å². The lowest BCUT2D eigenvalue weighted by molar-refractivity contribution is -0.0203. The Morgan fingerprint density at radius 1 is 1.08 bits per heavy atom. The van der Waals surface area contributed by atoms with E-state index in [4.69, 9.17) is 15.2 Å². The minimum Gasteiger partial charge on any atom is -0.490 e. The molecule has 0 bridgehead atoms. The Labute approximate surface area is 287 Å². The first-order chi connectivity index (χ1) is 24.3. The summed E-state index contributed by atoms with van der Waals surface area (Å²) in [5.41, 5.74) is 7.41. The summed E-state index contributed by atoms with van der Waals surface area (Å²) in [6, 6.07) is 20.4. The SMILES string of the molecule is Nc1nc2sc(C(=O)NC[C@@H]3CO[C@@](Cn4cncn4)(c4ccc(F)cc4F)C3)cc2n(-c2ccc3c(c2)N(c2ccccc2)CCO3)c1=O. The zero-order valence-electron chi connectivity index (χ0n) is 26.5. The van der Waals surface area contributed by atoms with Gasteiger partial charge in [0.15, 0.2) is 5.82 Å². The lowest BCUT2D eigenvalue weighted by Gasteiger charge is -2.31. The van der Waals surface area contributed by atoms with Crippen LogP contribution in [0.25, 0.3) is 16.0 Å². The summed E-state index contributed by atoms with van der Waals surface area (Å²) in [6.45, 7) is 1.72. The topological polar surface area (TPSA) is 142 Å². The number of thiophene rings is 1. The number of carbonyl (C=O) groups is 1. The number of nitrogen functional groups attached to an aromatic ring is 1. The molecule has 3 aromatic carbocycles. The summed E-state index contributed by atoms with van der Waals surface area (Å²) >= 11 is 1.12. The molecule has 2 aliphatic rings. The first kappa shape index (κ1) is 31.6. The van der Waals surface area contributed by atoms with Crippen molar-refractivity contribution in [1.29, 1.82) is 0 Å². The predicted octanol–water partition coefficient (Wildman–Crippen LogP) is 4.79. The first-order valence-corrected chi connectivity index (χ1v) is 16.7. The standard InChI is InChI=1S/C35H30F2N8O4S/c36-22-6-8-25(26(37)12-22)35(18-43-20-39-19-41-43)15-21(17-49-35)16-40-32(46)30-14-28-33(50-30)42-31(38)34(47)45(28)24-7-9-29-27(13-24)44(10-11-48-29)23-4-2-1-3-5-23/h1-9,12-14,19-21H,10-11,15-18H2,(H2,38,42)(H,40,46)/t21-,35+/m1/s1. The molecule has 50 heavy (non-hydrogen) atoms. The molecule has 2 aliphatic heterocycles. The predicted molar refractivity (Wildman–Crippen MR) is 183 cm³/mol. The van der Waals surface area contributed by atoms with Gasteiger partial charge in [0.1, 0.15) is 47.1 Å². The number of nitrogens with zero attached hydrogens (tertiary/aromatic N) is 6. The largest absolute Gasteiger partial charge is 0.490 e. The highest BCUT2D eigenvalue weighted by atomic mass is 32.1. The number of amides is 1. The molecular weight excluding hydrogens is 666 g/mol. The molecule has 1 amide bonds. The third-order valence-electron chi connectivity index (χ3n) is 9.01. The molecule has 254 valence electrons. The lowest BCUT2D eigenvalue weighted by atomic mass is 9.86. The molecule has 0 aliphatic carbocycles. The van der Waals surface area contributed by atoms with E-state index >= 15 is 4.39 Å². The number of rotatable bonds is 8. The van der Waals surface area contributed by atoms with E-state index in [9.17, 15) is 14.0 Å². The molecule has 3 N–H and O–H groups in total. The number of benzene rings is 3. The third-order valence-corrected chi connectivity index (χ3v) is 10.0. The van der Waals surface area contributed by atoms with Gasteiger partial charge in [-0.3, -0.25) is 14.2 Å². The number of hydrogen-bond donors (Lipinski definition) is 2. The number of nitrogens with two attached hydrogens (primary N) is 1. The number of carbonyl (C=O) groups excluding carboxylic acids is 1. The number of halogens is 2. The van der Waals surface area contributed by atoms with E-state index in [1.165, 1.54) is 34.0 Å². The van der Waals surface area contributed by atoms with Crippen LogP contribution in [0.15, 0.2) is 90.2 Å². The molecule has 8 rings (SSSR count). The fourth-order valence-electron chi connectivity index (χ4n) is 6.72. The van der Waals surface area contributed by atoms with Crippen molar-refractivity contribution in [2.45, 2.75) is 18.6 Å². The van der Waals surface area contributed by atoms with Crippen molar-refractivity contribution < 1.29 is 23.0 Å². The highest BCUT2D eigenvalue weighted by Crippen LogP contribution is 2.42. The van der Waals surface area contributed by atoms with E-state index < -0.39 is 22.8 Å². The number of anilines is 3. The molecule has 0 radical (unpaired) electrons. The number of fused-ring (bicyclic) bond motifs is 2. The average molecular weight is 697 g/mol. The van der Waals surface area contributed by atoms with Gasteiger partial charge in [0.25, 0.3) is 11.5 Å². The molecule has 15 heteroatoms. The van der Waals surface area contributed by atoms with Crippen LogP contribution in [0.4, 0.5) is 26.0 Å². The summed E-state index contributed by atoms with van der Waals surface area (Å²) < 4.78 is 44.0. The third kappa shape index (κ3) is 5.73. The quantitative estimate of drug-likeness (QED) is 0.230. The number of hydrogen-bond acceptors (Lipinski definition) is 10. The van der Waals surface area contributed by atoms with Crippen LogP contribution in [0, 0.1) is 17.6 Å². The van der Waals surface area contributed by atoms with Gasteiger partial charge in [-0.2, -0.15) is 5.10 Å². The van der Waals surface area contributed by atoms with Crippen molar-refractivity contribution in [3.63, 3.8) is 0 Å². The smallest absolute Gasteiger partial charge is 0.298 e. The maximum Gasteiger partial charge on any atom is 0.298 e. The molecule has 3 aromatic heterocycles. The lowest BCUT2D eigenvalue weighted by Crippen LogP contribution is -2.34. The van der Waals surface area contributed by atoms with Crippen molar-refractivity contribution in [2.24, 2.45) is 5.92 Å². The van der Waals surface area contributed by atoms with E-state index in [0.717, 1.165) is 28.8 Å². The van der Waals surface area contributed by atoms with Crippen LogP contribution in [0.2, 0.25) is 0 Å². The Morgan fingerprint density at radius 3 is 2.74 bits per heavy atom. The minimum atomic E-state index is -1.15. The molecule has 0 unspecified atom stereocenters. The highest BCUT2D eigenvalue weighted by Gasteiger charge is 2.44. The fourth-order valence-corrected chi connectivity index (χ4v) is 7.66. The van der Waals surface area contributed by atoms with Gasteiger partial charge in [-0.25, -0.2) is 23.4 Å². The normalized spacial score (nSPS) is 18.6. The number of nitrogens with one attached hydrogen (secondary N) is 1. The molecule has 6 aromatic rings. The van der Waals surface area contributed by atoms with Crippen LogP contribution in [-0.4, -0.2) is 56.5 Å². The molecule has 0 spiro atoms. The van der Waals surface area contributed by atoms with Gasteiger partial charge in [0.05, 0.1) is 41.5 Å². The summed E-state index contributed by atoms with van der Waals surface area (Å²) in [6.07, 6.45) is 3.20. The second-order valence-electron chi connectivity index (χ2n) is 12.2. The Balaban J connectivity index is 1.05. The Bertz CT molecular complexity index is 2280. The molecule has 1 fully saturated rings. The van der Waals surface area contributed by atoms with Crippen LogP contribution in [0.1, 0.15) is 21.7 Å². The Hall–Kier alpha value is -5.67. The van der Waals surface area contributed by atoms with Gasteiger partial charge in [-0.05, 0) is 48.9 Å². The Morgan fingerprint density at radius 2 is 1.94 bits per heavy atom. The Kier molecular flexibility index (Phi) is 7.99. The molecule has 5 heterocycles. The van der Waals surface area contributed by atoms with Gasteiger partial charge in [0, 0.05) is 29.8 Å². The molecule has 1 saturated heterocycles. The second kappa shape index (κ2) is 12.7. The summed E-state index contributed by atoms with van der Waals surface area (Å²) in [4.78, 5) is 38.2. The van der Waals surface area contributed by atoms with Gasteiger partial charge in [-0.1, -0.05) is 24.3 Å². The zero-order valence-corrected chi connectivity index (χ0v) is 27.3. The number of ether oxygens (including phenoxy) is 2. The van der Waals surface area contributed by atoms with E-state index in [0.29, 0.717) is 46.2 Å². The van der Waals surface area contributed by atoms with Crippen molar-refractivity contribution >= 4 is 44.8 Å². The second-order valence-corrected chi connectivity index (χ2v) is 13.3. The van der Waals surface area contributed by atoms with Gasteiger partial charge >= 0.3 is 0 Å². The van der Waals surface area contributed by atoms with Crippen molar-refractivity contribution in [3.8, 4) is 11.4 Å². The van der Waals surface area contributed by atoms with E-state index in [-0.39, 0.29) is 42.9 Å². The average Bonchev–Trinajstić information content (AvgIpc) is 3.89. The molecule has 2 atom stereocenters. The maximum absolute atomic E-state index is 15.1. The first-order valence-electron chi connectivity index (χ1n) is 15.9. The minimum absolute atomic E-state index is 0.152. The van der Waals surface area contributed by atoms with Crippen LogP contribution in [0.5, 0.6) is 5.75 Å². The molecule has 12 nitrogen and oxygen atoms in total. The summed E-state index contributed by atoms with van der Waals surface area (Å²) in [5.74, 6) is -1.50. The summed E-state index contributed by atoms with van der Waals surface area (Å²) in [5, 5.41) is 7.11. The van der Waals surface area contributed by atoms with E-state index in [1.54, 1.807) is 12.1 Å². The molecular formula is C35H30F2N8O4S. The summed E-state index contributed by atoms with van der Waals surface area (Å²) in [7, 11) is 0. The van der Waals surface area contributed by atoms with Crippen LogP contribution >= 0.6 is 11.3 Å². The van der Waals surface area contributed by atoms with Crippen LogP contribution < -0.4 is 26.2 Å².